The Morgan fingerprint density at radius 2 is 1.78 bits per heavy atom. The highest BCUT2D eigenvalue weighted by atomic mass is 79.9. The van der Waals surface area contributed by atoms with Gasteiger partial charge in [-0.1, -0.05) is 82.7 Å². The fourth-order valence-corrected chi connectivity index (χ4v) is 5.43. The second-order valence-electron chi connectivity index (χ2n) is 10.8. The van der Waals surface area contributed by atoms with E-state index in [2.05, 4.69) is 26.8 Å². The van der Waals surface area contributed by atoms with Crippen molar-refractivity contribution in [1.82, 2.24) is 10.9 Å². The van der Waals surface area contributed by atoms with E-state index in [4.69, 9.17) is 24.3 Å². The van der Waals surface area contributed by atoms with Gasteiger partial charge in [-0.15, -0.1) is 0 Å². The Kier molecular flexibility index (Phi) is 11.6. The van der Waals surface area contributed by atoms with Gasteiger partial charge < -0.3 is 19.3 Å². The maximum absolute atomic E-state index is 14.3. The van der Waals surface area contributed by atoms with Crippen molar-refractivity contribution in [3.05, 3.63) is 136 Å². The molecule has 1 heterocycles. The Hall–Kier alpha value is -4.44. The third-order valence-electron chi connectivity index (χ3n) is 7.62. The molecule has 0 bridgehead atoms. The first-order valence-corrected chi connectivity index (χ1v) is 16.0. The number of nitrogens with zero attached hydrogens (tertiary/aromatic N) is 1. The first-order chi connectivity index (χ1) is 22.5. The Morgan fingerprint density at radius 1 is 1.00 bits per heavy atom. The van der Waals surface area contributed by atoms with Gasteiger partial charge in [0.05, 0.1) is 13.7 Å². The maximum atomic E-state index is 14.3. The van der Waals surface area contributed by atoms with Crippen LogP contribution in [0.3, 0.4) is 0 Å². The summed E-state index contributed by atoms with van der Waals surface area (Å²) in [6.45, 7) is 1.01. The van der Waals surface area contributed by atoms with Gasteiger partial charge in [0.1, 0.15) is 11.5 Å². The molecule has 2 atom stereocenters. The van der Waals surface area contributed by atoms with E-state index < -0.39 is 11.6 Å². The summed E-state index contributed by atoms with van der Waals surface area (Å²) in [5.74, 6) is 1.37. The van der Waals surface area contributed by atoms with E-state index >= 15 is 0 Å². The number of carbonyl (C=O) groups excluding carboxylic acids is 1. The minimum Gasteiger partial charge on any atom is -0.497 e. The average Bonchev–Trinajstić information content (AvgIpc) is 3.49. The van der Waals surface area contributed by atoms with Crippen molar-refractivity contribution < 1.29 is 24.1 Å². The Morgan fingerprint density at radius 3 is 2.52 bits per heavy atom. The molecule has 0 radical (unpaired) electrons. The molecule has 1 aliphatic rings. The molecule has 9 heteroatoms. The number of carbonyl (C=O) groups is 1. The molecule has 0 spiro atoms. The van der Waals surface area contributed by atoms with Crippen molar-refractivity contribution in [3.8, 4) is 11.5 Å². The van der Waals surface area contributed by atoms with Crippen LogP contribution in [0, 0.1) is 0 Å². The lowest BCUT2D eigenvalue weighted by atomic mass is 9.84. The number of halogens is 1. The zero-order chi connectivity index (χ0) is 32.2. The summed E-state index contributed by atoms with van der Waals surface area (Å²) in [7, 11) is 1.61. The fraction of sp³-hybridized carbons (Fsp3) is 0.243. The molecule has 0 saturated carbocycles. The minimum atomic E-state index is -1.34. The number of hydrazine groups is 1. The number of ether oxygens (including phenoxy) is 3. The first kappa shape index (κ1) is 32.9. The van der Waals surface area contributed by atoms with Gasteiger partial charge in [-0.25, -0.2) is 10.4 Å². The molecule has 3 N–H and O–H groups in total. The van der Waals surface area contributed by atoms with Crippen LogP contribution < -0.4 is 20.3 Å². The zero-order valence-electron chi connectivity index (χ0n) is 25.7. The van der Waals surface area contributed by atoms with Crippen LogP contribution in [0.2, 0.25) is 0 Å². The smallest absolute Gasteiger partial charge is 0.266 e. The molecule has 0 aromatic heterocycles. The summed E-state index contributed by atoms with van der Waals surface area (Å²) in [6.07, 6.45) is 4.77. The zero-order valence-corrected chi connectivity index (χ0v) is 27.3. The summed E-state index contributed by atoms with van der Waals surface area (Å²) in [4.78, 5) is 19.4. The van der Waals surface area contributed by atoms with Crippen LogP contribution in [0.5, 0.6) is 11.5 Å². The van der Waals surface area contributed by atoms with Gasteiger partial charge in [-0.05, 0) is 71.6 Å². The number of benzene rings is 4. The van der Waals surface area contributed by atoms with Crippen molar-refractivity contribution in [2.24, 2.45) is 4.99 Å². The third kappa shape index (κ3) is 8.42. The van der Waals surface area contributed by atoms with Gasteiger partial charge in [0, 0.05) is 36.0 Å². The topological polar surface area (TPSA) is 101 Å². The van der Waals surface area contributed by atoms with Crippen LogP contribution in [-0.2, 0) is 16.0 Å². The van der Waals surface area contributed by atoms with Crippen LogP contribution in [0.15, 0.2) is 119 Å². The van der Waals surface area contributed by atoms with Crippen LogP contribution in [0.25, 0.3) is 6.08 Å². The normalized spacial score (nSPS) is 17.4. The lowest BCUT2D eigenvalue weighted by Crippen LogP contribution is -2.52. The Labute approximate surface area is 278 Å². The monoisotopic (exact) mass is 683 g/mol. The van der Waals surface area contributed by atoms with Crippen molar-refractivity contribution >= 4 is 33.8 Å². The number of nitrogens with one attached hydrogen (secondary N) is 2. The highest BCUT2D eigenvalue weighted by molar-refractivity contribution is 9.10. The molecule has 46 heavy (non-hydrogen) atoms. The van der Waals surface area contributed by atoms with Gasteiger partial charge in [0.25, 0.3) is 5.91 Å². The fourth-order valence-electron chi connectivity index (χ4n) is 5.17. The molecule has 0 aliphatic carbocycles. The quantitative estimate of drug-likeness (QED) is 0.0985. The van der Waals surface area contributed by atoms with Crippen LogP contribution >= 0.6 is 15.9 Å². The summed E-state index contributed by atoms with van der Waals surface area (Å²) >= 11 is 3.47. The second kappa shape index (κ2) is 16.2. The number of aliphatic hydroxyl groups excluding tert-OH is 1. The number of aliphatic imine (C=N–C) groups is 1. The molecule has 1 amide bonds. The van der Waals surface area contributed by atoms with Gasteiger partial charge in [0.15, 0.2) is 11.6 Å². The number of aliphatic hydroxyl groups is 1. The summed E-state index contributed by atoms with van der Waals surface area (Å²) in [5.41, 5.74) is 8.37. The van der Waals surface area contributed by atoms with E-state index in [1.54, 1.807) is 7.11 Å². The molecule has 0 unspecified atom stereocenters. The average molecular weight is 685 g/mol. The van der Waals surface area contributed by atoms with Gasteiger partial charge in [-0.2, -0.15) is 0 Å². The predicted octanol–water partition coefficient (Wildman–Crippen LogP) is 6.44. The van der Waals surface area contributed by atoms with Crippen LogP contribution in [0.4, 0.5) is 0 Å². The van der Waals surface area contributed by atoms with Gasteiger partial charge in [-0.3, -0.25) is 10.2 Å². The molecule has 238 valence electrons. The number of hydrogen-bond acceptors (Lipinski definition) is 7. The van der Waals surface area contributed by atoms with Crippen molar-refractivity contribution in [2.45, 2.75) is 30.9 Å². The standard InChI is InChI=1S/C37H38BrN3O5/c1-44-33-12-5-11-30(26-33)34-37(22-6-10-27-8-3-2-4-9-27,36(43)41-39-23-21-28-13-17-31(38)18-14-28)40-35(46-34)29-15-19-32(20-16-29)45-25-7-24-42/h2-6,8-20,26,34,39,42H,7,21-25H2,1H3,(H,41,43)/b10-6+/t34-,37-/m0/s1. The molecule has 0 saturated heterocycles. The largest absolute Gasteiger partial charge is 0.497 e. The Bertz CT molecular complexity index is 1630. The highest BCUT2D eigenvalue weighted by Crippen LogP contribution is 2.43. The van der Waals surface area contributed by atoms with E-state index in [1.165, 1.54) is 0 Å². The van der Waals surface area contributed by atoms with Crippen molar-refractivity contribution in [3.63, 3.8) is 0 Å². The second-order valence-corrected chi connectivity index (χ2v) is 11.8. The predicted molar refractivity (Wildman–Crippen MR) is 184 cm³/mol. The van der Waals surface area contributed by atoms with Crippen molar-refractivity contribution in [1.29, 1.82) is 0 Å². The molecule has 1 aliphatic heterocycles. The molecule has 0 fully saturated rings. The van der Waals surface area contributed by atoms with Gasteiger partial charge in [0.2, 0.25) is 5.90 Å². The number of rotatable bonds is 15. The lowest BCUT2D eigenvalue weighted by Gasteiger charge is -2.30. The van der Waals surface area contributed by atoms with Gasteiger partial charge >= 0.3 is 0 Å². The number of amides is 1. The summed E-state index contributed by atoms with van der Waals surface area (Å²) in [6, 6.07) is 33.0. The van der Waals surface area contributed by atoms with E-state index in [1.807, 2.05) is 115 Å². The molecule has 5 rings (SSSR count). The molecule has 8 nitrogen and oxygen atoms in total. The summed E-state index contributed by atoms with van der Waals surface area (Å²) < 4.78 is 18.8. The summed E-state index contributed by atoms with van der Waals surface area (Å²) in [5, 5.41) is 9.07. The number of hydrogen-bond donors (Lipinski definition) is 3. The Balaban J connectivity index is 1.46. The number of methoxy groups -OCH3 is 1. The molecule has 4 aromatic rings. The SMILES string of the molecule is COc1cccc([C@@H]2OC(c3ccc(OCCCO)cc3)=N[C@]2(C/C=C/c2ccccc2)C(=O)NNCCc2ccc(Br)cc2)c1. The molecular weight excluding hydrogens is 646 g/mol. The van der Waals surface area contributed by atoms with E-state index in [0.29, 0.717) is 42.5 Å². The lowest BCUT2D eigenvalue weighted by molar-refractivity contribution is -0.129. The molecule has 4 aromatic carbocycles. The van der Waals surface area contributed by atoms with E-state index in [-0.39, 0.29) is 18.9 Å². The first-order valence-electron chi connectivity index (χ1n) is 15.2. The molecular formula is C37H38BrN3O5. The third-order valence-corrected chi connectivity index (χ3v) is 8.15. The maximum Gasteiger partial charge on any atom is 0.266 e. The van der Waals surface area contributed by atoms with Crippen LogP contribution in [-0.4, -0.2) is 49.3 Å². The van der Waals surface area contributed by atoms with Crippen molar-refractivity contribution in [2.75, 3.05) is 26.9 Å². The van der Waals surface area contributed by atoms with E-state index in [9.17, 15) is 4.79 Å². The van der Waals surface area contributed by atoms with Crippen LogP contribution in [0.1, 0.15) is 41.2 Å². The van der Waals surface area contributed by atoms with E-state index in [0.717, 1.165) is 27.6 Å². The highest BCUT2D eigenvalue weighted by Gasteiger charge is 2.52. The minimum absolute atomic E-state index is 0.0658.